The molecule has 1 unspecified atom stereocenters. The van der Waals surface area contributed by atoms with Crippen LogP contribution in [-0.4, -0.2) is 52.2 Å². The van der Waals surface area contributed by atoms with Crippen molar-refractivity contribution in [2.75, 3.05) is 30.1 Å². The molecule has 2 rings (SSSR count). The van der Waals surface area contributed by atoms with Crippen LogP contribution in [0.2, 0.25) is 0 Å². The Morgan fingerprint density at radius 1 is 1.72 bits per heavy atom. The van der Waals surface area contributed by atoms with Gasteiger partial charge in [0.25, 0.3) is 0 Å². The molecule has 1 N–H and O–H groups in total. The minimum atomic E-state index is -0.796. The summed E-state index contributed by atoms with van der Waals surface area (Å²) >= 11 is 1.76. The van der Waals surface area contributed by atoms with Crippen molar-refractivity contribution < 1.29 is 14.6 Å². The van der Waals surface area contributed by atoms with Gasteiger partial charge in [0.1, 0.15) is 0 Å². The molecule has 1 aromatic heterocycles. The molecule has 0 bridgehead atoms. The number of hydrogen-bond donors (Lipinski definition) is 1. The molecule has 1 aliphatic heterocycles. The molecule has 0 radical (unpaired) electrons. The molecular weight excluding hydrogens is 254 g/mol. The first kappa shape index (κ1) is 12.9. The van der Waals surface area contributed by atoms with Gasteiger partial charge in [-0.2, -0.15) is 16.7 Å². The zero-order chi connectivity index (χ0) is 13.0. The highest BCUT2D eigenvalue weighted by molar-refractivity contribution is 7.99. The maximum absolute atomic E-state index is 10.9. The zero-order valence-corrected chi connectivity index (χ0v) is 10.9. The van der Waals surface area contributed by atoms with Crippen LogP contribution in [0.15, 0.2) is 12.3 Å². The van der Waals surface area contributed by atoms with E-state index in [1.807, 2.05) is 4.90 Å². The second-order valence-corrected chi connectivity index (χ2v) is 5.07. The predicted octanol–water partition coefficient (Wildman–Crippen LogP) is 0.882. The fraction of sp³-hybridized carbons (Fsp3) is 0.545. The van der Waals surface area contributed by atoms with Gasteiger partial charge in [0.05, 0.1) is 19.6 Å². The minimum absolute atomic E-state index is 0.0617. The van der Waals surface area contributed by atoms with Crippen molar-refractivity contribution in [2.24, 2.45) is 0 Å². The molecule has 1 aromatic rings. The zero-order valence-electron chi connectivity index (χ0n) is 10.1. The van der Waals surface area contributed by atoms with E-state index in [1.165, 1.54) is 0 Å². The van der Waals surface area contributed by atoms with E-state index in [9.17, 15) is 4.79 Å². The fourth-order valence-electron chi connectivity index (χ4n) is 1.87. The van der Waals surface area contributed by atoms with Crippen molar-refractivity contribution in [2.45, 2.75) is 12.5 Å². The number of carbonyl (C=O) groups is 1. The number of methoxy groups -OCH3 is 1. The first-order chi connectivity index (χ1) is 8.70. The summed E-state index contributed by atoms with van der Waals surface area (Å²) in [6, 6.07) is 1.61. The molecule has 0 aliphatic carbocycles. The number of carboxylic acids is 1. The van der Waals surface area contributed by atoms with Crippen LogP contribution in [0.3, 0.4) is 0 Å². The quantitative estimate of drug-likeness (QED) is 0.869. The molecule has 98 valence electrons. The minimum Gasteiger partial charge on any atom is -0.481 e. The van der Waals surface area contributed by atoms with E-state index >= 15 is 0 Å². The van der Waals surface area contributed by atoms with Gasteiger partial charge in [-0.15, -0.1) is 0 Å². The van der Waals surface area contributed by atoms with Gasteiger partial charge in [-0.05, 0) is 0 Å². The summed E-state index contributed by atoms with van der Waals surface area (Å²) in [6.45, 7) is 0.760. The van der Waals surface area contributed by atoms with Crippen molar-refractivity contribution >= 4 is 23.7 Å². The van der Waals surface area contributed by atoms with E-state index in [0.29, 0.717) is 11.8 Å². The number of aliphatic carboxylic acids is 1. The molecule has 0 spiro atoms. The molecular formula is C11H15N3O3S. The maximum atomic E-state index is 10.9. The van der Waals surface area contributed by atoms with Gasteiger partial charge < -0.3 is 14.7 Å². The molecule has 18 heavy (non-hydrogen) atoms. The first-order valence-corrected chi connectivity index (χ1v) is 6.79. The van der Waals surface area contributed by atoms with Gasteiger partial charge in [-0.25, -0.2) is 4.98 Å². The predicted molar refractivity (Wildman–Crippen MR) is 69.3 cm³/mol. The summed E-state index contributed by atoms with van der Waals surface area (Å²) in [5.74, 6) is 1.98. The van der Waals surface area contributed by atoms with Crippen LogP contribution in [0.1, 0.15) is 6.42 Å². The van der Waals surface area contributed by atoms with Gasteiger partial charge in [0.15, 0.2) is 0 Å². The highest BCUT2D eigenvalue weighted by atomic mass is 32.2. The third-order valence-electron chi connectivity index (χ3n) is 2.72. The largest absolute Gasteiger partial charge is 0.481 e. The summed E-state index contributed by atoms with van der Waals surface area (Å²) < 4.78 is 5.06. The first-order valence-electron chi connectivity index (χ1n) is 5.64. The van der Waals surface area contributed by atoms with Crippen LogP contribution in [0.5, 0.6) is 5.88 Å². The lowest BCUT2D eigenvalue weighted by Crippen LogP contribution is -2.44. The van der Waals surface area contributed by atoms with E-state index in [4.69, 9.17) is 9.84 Å². The highest BCUT2D eigenvalue weighted by Gasteiger charge is 2.27. The van der Waals surface area contributed by atoms with Crippen LogP contribution in [0.25, 0.3) is 0 Å². The van der Waals surface area contributed by atoms with Crippen LogP contribution < -0.4 is 9.64 Å². The average molecular weight is 269 g/mol. The Hall–Kier alpha value is -1.50. The van der Waals surface area contributed by atoms with Crippen molar-refractivity contribution in [1.82, 2.24) is 9.97 Å². The van der Waals surface area contributed by atoms with Gasteiger partial charge in [-0.1, -0.05) is 0 Å². The topological polar surface area (TPSA) is 75.5 Å². The Balaban J connectivity index is 2.19. The summed E-state index contributed by atoms with van der Waals surface area (Å²) in [6.07, 6.45) is 1.73. The Labute approximate surface area is 109 Å². The fourth-order valence-corrected chi connectivity index (χ4v) is 2.94. The van der Waals surface area contributed by atoms with E-state index < -0.39 is 5.97 Å². The number of thioether (sulfide) groups is 1. The maximum Gasteiger partial charge on any atom is 0.305 e. The van der Waals surface area contributed by atoms with E-state index in [2.05, 4.69) is 9.97 Å². The van der Waals surface area contributed by atoms with Crippen LogP contribution in [-0.2, 0) is 4.79 Å². The monoisotopic (exact) mass is 269 g/mol. The molecule has 6 nitrogen and oxygen atoms in total. The SMILES string of the molecule is COc1ccnc(N2CCSCC2CC(=O)O)n1. The number of nitrogens with zero attached hydrogens (tertiary/aromatic N) is 3. The van der Waals surface area contributed by atoms with Crippen molar-refractivity contribution in [3.63, 3.8) is 0 Å². The van der Waals surface area contributed by atoms with Crippen molar-refractivity contribution in [3.8, 4) is 5.88 Å². The summed E-state index contributed by atoms with van der Waals surface area (Å²) in [5.41, 5.74) is 0. The molecule has 1 atom stereocenters. The number of aromatic nitrogens is 2. The van der Waals surface area contributed by atoms with Gasteiger partial charge in [0, 0.05) is 30.3 Å². The van der Waals surface area contributed by atoms with E-state index in [1.54, 1.807) is 31.1 Å². The van der Waals surface area contributed by atoms with Crippen molar-refractivity contribution in [1.29, 1.82) is 0 Å². The smallest absolute Gasteiger partial charge is 0.305 e. The van der Waals surface area contributed by atoms with Crippen LogP contribution >= 0.6 is 11.8 Å². The van der Waals surface area contributed by atoms with Gasteiger partial charge >= 0.3 is 5.97 Å². The summed E-state index contributed by atoms with van der Waals surface area (Å²) in [7, 11) is 1.55. The lowest BCUT2D eigenvalue weighted by Gasteiger charge is -2.34. The third-order valence-corrected chi connectivity index (χ3v) is 3.81. The molecule has 1 saturated heterocycles. The number of carboxylic acid groups (broad SMARTS) is 1. The Kier molecular flexibility index (Phi) is 4.24. The molecule has 1 aliphatic rings. The molecule has 0 saturated carbocycles. The molecule has 0 aromatic carbocycles. The Morgan fingerprint density at radius 2 is 2.56 bits per heavy atom. The van der Waals surface area contributed by atoms with Gasteiger partial charge in [-0.3, -0.25) is 4.79 Å². The van der Waals surface area contributed by atoms with E-state index in [0.717, 1.165) is 18.1 Å². The van der Waals surface area contributed by atoms with Crippen LogP contribution in [0, 0.1) is 0 Å². The molecule has 1 fully saturated rings. The average Bonchev–Trinajstić information content (AvgIpc) is 2.39. The number of rotatable bonds is 4. The Bertz CT molecular complexity index is 430. The number of anilines is 1. The molecule has 2 heterocycles. The summed E-state index contributed by atoms with van der Waals surface area (Å²) in [4.78, 5) is 21.3. The Morgan fingerprint density at radius 3 is 3.28 bits per heavy atom. The summed E-state index contributed by atoms with van der Waals surface area (Å²) in [5, 5.41) is 8.93. The second-order valence-electron chi connectivity index (χ2n) is 3.92. The lowest BCUT2D eigenvalue weighted by molar-refractivity contribution is -0.137. The van der Waals surface area contributed by atoms with Gasteiger partial charge in [0.2, 0.25) is 11.8 Å². The highest BCUT2D eigenvalue weighted by Crippen LogP contribution is 2.24. The molecule has 7 heteroatoms. The standard InChI is InChI=1S/C11H15N3O3S/c1-17-9-2-3-12-11(13-9)14-4-5-18-7-8(14)6-10(15)16/h2-3,8H,4-7H2,1H3,(H,15,16). The molecule has 0 amide bonds. The second kappa shape index (κ2) is 5.90. The number of ether oxygens (including phenoxy) is 1. The van der Waals surface area contributed by atoms with E-state index in [-0.39, 0.29) is 12.5 Å². The van der Waals surface area contributed by atoms with Crippen molar-refractivity contribution in [3.05, 3.63) is 12.3 Å². The third kappa shape index (κ3) is 3.04. The number of hydrogen-bond acceptors (Lipinski definition) is 6. The lowest BCUT2D eigenvalue weighted by atomic mass is 10.2. The normalized spacial score (nSPS) is 19.6. The van der Waals surface area contributed by atoms with Crippen LogP contribution in [0.4, 0.5) is 5.95 Å².